The van der Waals surface area contributed by atoms with E-state index in [2.05, 4.69) is 0 Å². The first kappa shape index (κ1) is 13.2. The van der Waals surface area contributed by atoms with Gasteiger partial charge in [0.2, 0.25) is 0 Å². The molecule has 0 spiro atoms. The Labute approximate surface area is 97.0 Å². The monoisotopic (exact) mass is 242 g/mol. The van der Waals surface area contributed by atoms with Crippen molar-refractivity contribution in [2.45, 2.75) is 31.6 Å². The third kappa shape index (κ3) is 2.83. The molecular weight excluding hydrogens is 224 g/mol. The summed E-state index contributed by atoms with van der Waals surface area (Å²) in [4.78, 5) is 0. The van der Waals surface area contributed by atoms with Gasteiger partial charge in [-0.25, -0.2) is 8.42 Å². The molecule has 0 bridgehead atoms. The van der Waals surface area contributed by atoms with Crippen LogP contribution in [-0.4, -0.2) is 24.5 Å². The molecule has 0 aliphatic carbocycles. The minimum atomic E-state index is -3.21. The molecule has 0 amide bonds. The summed E-state index contributed by atoms with van der Waals surface area (Å²) in [6, 6.07) is 8.93. The number of benzene rings is 1. The SMILES string of the molecule is CC[C@H]([C@H](O)c1ccccc1)S(=O)(=O)CC. The highest BCUT2D eigenvalue weighted by Crippen LogP contribution is 2.24. The van der Waals surface area contributed by atoms with Crippen molar-refractivity contribution in [3.63, 3.8) is 0 Å². The van der Waals surface area contributed by atoms with Crippen molar-refractivity contribution in [2.75, 3.05) is 5.75 Å². The van der Waals surface area contributed by atoms with Gasteiger partial charge in [0.25, 0.3) is 0 Å². The van der Waals surface area contributed by atoms with Crippen LogP contribution in [0.25, 0.3) is 0 Å². The summed E-state index contributed by atoms with van der Waals surface area (Å²) >= 11 is 0. The second-order valence-corrected chi connectivity index (χ2v) is 6.26. The lowest BCUT2D eigenvalue weighted by Crippen LogP contribution is -2.29. The minimum Gasteiger partial charge on any atom is -0.387 e. The van der Waals surface area contributed by atoms with E-state index in [-0.39, 0.29) is 5.75 Å². The van der Waals surface area contributed by atoms with Gasteiger partial charge in [-0.1, -0.05) is 44.2 Å². The third-order valence-corrected chi connectivity index (χ3v) is 5.08. The lowest BCUT2D eigenvalue weighted by atomic mass is 10.1. The van der Waals surface area contributed by atoms with Crippen LogP contribution in [0.5, 0.6) is 0 Å². The van der Waals surface area contributed by atoms with Gasteiger partial charge in [0.05, 0.1) is 11.4 Å². The number of hydrogen-bond acceptors (Lipinski definition) is 3. The Kier molecular flexibility index (Phi) is 4.50. The normalized spacial score (nSPS) is 15.7. The Morgan fingerprint density at radius 3 is 2.19 bits per heavy atom. The minimum absolute atomic E-state index is 0.0649. The first-order valence-electron chi connectivity index (χ1n) is 5.47. The van der Waals surface area contributed by atoms with Crippen LogP contribution >= 0.6 is 0 Å². The van der Waals surface area contributed by atoms with Crippen molar-refractivity contribution in [2.24, 2.45) is 0 Å². The Morgan fingerprint density at radius 1 is 1.19 bits per heavy atom. The van der Waals surface area contributed by atoms with Crippen LogP contribution in [0.1, 0.15) is 31.9 Å². The lowest BCUT2D eigenvalue weighted by molar-refractivity contribution is 0.169. The number of aliphatic hydroxyl groups is 1. The van der Waals surface area contributed by atoms with Crippen LogP contribution in [0.3, 0.4) is 0 Å². The van der Waals surface area contributed by atoms with Gasteiger partial charge in [-0.2, -0.15) is 0 Å². The zero-order valence-corrected chi connectivity index (χ0v) is 10.4. The molecule has 16 heavy (non-hydrogen) atoms. The molecule has 0 aliphatic heterocycles. The molecule has 1 N–H and O–H groups in total. The highest BCUT2D eigenvalue weighted by Gasteiger charge is 2.30. The smallest absolute Gasteiger partial charge is 0.155 e. The van der Waals surface area contributed by atoms with E-state index >= 15 is 0 Å². The van der Waals surface area contributed by atoms with Gasteiger partial charge in [-0.3, -0.25) is 0 Å². The zero-order valence-electron chi connectivity index (χ0n) is 9.63. The van der Waals surface area contributed by atoms with Crippen LogP contribution in [0.4, 0.5) is 0 Å². The lowest BCUT2D eigenvalue weighted by Gasteiger charge is -2.21. The van der Waals surface area contributed by atoms with Crippen molar-refractivity contribution in [3.05, 3.63) is 35.9 Å². The second kappa shape index (κ2) is 5.46. The van der Waals surface area contributed by atoms with Crippen molar-refractivity contribution in [1.29, 1.82) is 0 Å². The summed E-state index contributed by atoms with van der Waals surface area (Å²) in [5.41, 5.74) is 0.659. The average molecular weight is 242 g/mol. The molecule has 0 radical (unpaired) electrons. The van der Waals surface area contributed by atoms with Gasteiger partial charge in [0, 0.05) is 5.75 Å². The number of aliphatic hydroxyl groups excluding tert-OH is 1. The molecule has 2 atom stereocenters. The van der Waals surface area contributed by atoms with Crippen molar-refractivity contribution < 1.29 is 13.5 Å². The molecule has 1 rings (SSSR count). The summed E-state index contributed by atoms with van der Waals surface area (Å²) in [6.45, 7) is 3.39. The molecule has 0 saturated heterocycles. The van der Waals surface area contributed by atoms with Crippen LogP contribution in [-0.2, 0) is 9.84 Å². The Bertz CT molecular complexity index is 411. The van der Waals surface area contributed by atoms with Gasteiger partial charge in [0.15, 0.2) is 9.84 Å². The Morgan fingerprint density at radius 2 is 1.75 bits per heavy atom. The highest BCUT2D eigenvalue weighted by atomic mass is 32.2. The van der Waals surface area contributed by atoms with E-state index in [4.69, 9.17) is 0 Å². The molecular formula is C12H18O3S. The number of sulfone groups is 1. The van der Waals surface area contributed by atoms with E-state index in [1.807, 2.05) is 6.07 Å². The fourth-order valence-corrected chi connectivity index (χ4v) is 3.24. The molecule has 1 aromatic carbocycles. The number of hydrogen-bond donors (Lipinski definition) is 1. The topological polar surface area (TPSA) is 54.4 Å². The van der Waals surface area contributed by atoms with Crippen LogP contribution < -0.4 is 0 Å². The first-order valence-corrected chi connectivity index (χ1v) is 7.19. The maximum Gasteiger partial charge on any atom is 0.155 e. The van der Waals surface area contributed by atoms with E-state index in [9.17, 15) is 13.5 Å². The molecule has 0 heterocycles. The molecule has 1 aromatic rings. The van der Waals surface area contributed by atoms with Crippen LogP contribution in [0, 0.1) is 0 Å². The van der Waals surface area contributed by atoms with Gasteiger partial charge < -0.3 is 5.11 Å². The maximum absolute atomic E-state index is 11.8. The molecule has 0 unspecified atom stereocenters. The molecule has 0 aromatic heterocycles. The van der Waals surface area contributed by atoms with Crippen molar-refractivity contribution >= 4 is 9.84 Å². The van der Waals surface area contributed by atoms with E-state index in [0.717, 1.165) is 0 Å². The van der Waals surface area contributed by atoms with E-state index in [1.54, 1.807) is 38.1 Å². The van der Waals surface area contributed by atoms with Gasteiger partial charge in [-0.05, 0) is 12.0 Å². The summed E-state index contributed by atoms with van der Waals surface area (Å²) in [5.74, 6) is 0.0649. The largest absolute Gasteiger partial charge is 0.387 e. The van der Waals surface area contributed by atoms with Gasteiger partial charge >= 0.3 is 0 Å². The predicted octanol–water partition coefficient (Wildman–Crippen LogP) is 1.93. The van der Waals surface area contributed by atoms with Crippen molar-refractivity contribution in [3.8, 4) is 0 Å². The molecule has 4 heteroatoms. The second-order valence-electron chi connectivity index (χ2n) is 3.75. The van der Waals surface area contributed by atoms with Crippen LogP contribution in [0.2, 0.25) is 0 Å². The summed E-state index contributed by atoms with van der Waals surface area (Å²) < 4.78 is 23.6. The van der Waals surface area contributed by atoms with E-state index < -0.39 is 21.2 Å². The van der Waals surface area contributed by atoms with E-state index in [0.29, 0.717) is 12.0 Å². The molecule has 0 fully saturated rings. The fourth-order valence-electron chi connectivity index (χ4n) is 1.75. The highest BCUT2D eigenvalue weighted by molar-refractivity contribution is 7.92. The van der Waals surface area contributed by atoms with Gasteiger partial charge in [-0.15, -0.1) is 0 Å². The fraction of sp³-hybridized carbons (Fsp3) is 0.500. The van der Waals surface area contributed by atoms with Gasteiger partial charge in [0.1, 0.15) is 0 Å². The Hall–Kier alpha value is -0.870. The summed E-state index contributed by atoms with van der Waals surface area (Å²) in [5, 5.41) is 9.36. The molecule has 0 saturated carbocycles. The summed E-state index contributed by atoms with van der Waals surface area (Å²) in [7, 11) is -3.21. The Balaban J connectivity index is 2.99. The molecule has 90 valence electrons. The number of rotatable bonds is 5. The zero-order chi connectivity index (χ0) is 12.2. The first-order chi connectivity index (χ1) is 7.53. The molecule has 3 nitrogen and oxygen atoms in total. The quantitative estimate of drug-likeness (QED) is 0.858. The standard InChI is InChI=1S/C12H18O3S/c1-3-11(16(14,15)4-2)12(13)10-8-6-5-7-9-10/h5-9,11-13H,3-4H2,1-2H3/t11-,12-/m1/s1. The summed E-state index contributed by atoms with van der Waals surface area (Å²) in [6.07, 6.45) is -0.511. The van der Waals surface area contributed by atoms with Crippen molar-refractivity contribution in [1.82, 2.24) is 0 Å². The predicted molar refractivity (Wildman–Crippen MR) is 64.9 cm³/mol. The maximum atomic E-state index is 11.8. The van der Waals surface area contributed by atoms with E-state index in [1.165, 1.54) is 0 Å². The average Bonchev–Trinajstić information content (AvgIpc) is 2.30. The van der Waals surface area contributed by atoms with Crippen LogP contribution in [0.15, 0.2) is 30.3 Å². The third-order valence-electron chi connectivity index (χ3n) is 2.76. The molecule has 0 aliphatic rings.